The minimum absolute atomic E-state index is 0.0253. The molecule has 0 bridgehead atoms. The van der Waals surface area contributed by atoms with E-state index < -0.39 is 5.97 Å². The van der Waals surface area contributed by atoms with Crippen LogP contribution in [0.5, 0.6) is 0 Å². The quantitative estimate of drug-likeness (QED) is 0.718. The molecule has 0 aliphatic heterocycles. The molecule has 0 atom stereocenters. The maximum atomic E-state index is 10.9. The molecule has 0 radical (unpaired) electrons. The van der Waals surface area contributed by atoms with Crippen LogP contribution in [0.25, 0.3) is 11.3 Å². The fourth-order valence-corrected chi connectivity index (χ4v) is 1.51. The Morgan fingerprint density at radius 1 is 1.38 bits per heavy atom. The Labute approximate surface area is 90.8 Å². The van der Waals surface area contributed by atoms with E-state index in [4.69, 9.17) is 5.11 Å². The van der Waals surface area contributed by atoms with Crippen molar-refractivity contribution in [3.63, 3.8) is 0 Å². The monoisotopic (exact) mass is 218 g/mol. The Balaban J connectivity index is 2.35. The van der Waals surface area contributed by atoms with Crippen molar-refractivity contribution in [3.05, 3.63) is 46.5 Å². The summed E-state index contributed by atoms with van der Waals surface area (Å²) in [4.78, 5) is 26.6. The highest BCUT2D eigenvalue weighted by Gasteiger charge is 2.04. The molecule has 5 nitrogen and oxygen atoms in total. The van der Waals surface area contributed by atoms with Gasteiger partial charge in [0.25, 0.3) is 0 Å². The second-order valence-electron chi connectivity index (χ2n) is 3.43. The first-order chi connectivity index (χ1) is 7.65. The predicted octanol–water partition coefficient (Wildman–Crippen LogP) is 0.997. The van der Waals surface area contributed by atoms with Gasteiger partial charge in [0.15, 0.2) is 0 Å². The van der Waals surface area contributed by atoms with Gasteiger partial charge in [0, 0.05) is 6.20 Å². The van der Waals surface area contributed by atoms with Crippen molar-refractivity contribution in [3.8, 4) is 11.3 Å². The van der Waals surface area contributed by atoms with Crippen molar-refractivity contribution in [2.24, 2.45) is 0 Å². The molecule has 2 aromatic rings. The highest BCUT2D eigenvalue weighted by Crippen LogP contribution is 2.16. The Bertz CT molecular complexity index is 568. The fraction of sp³-hybridized carbons (Fsp3) is 0.0909. The summed E-state index contributed by atoms with van der Waals surface area (Å²) in [5.41, 5.74) is 1.86. The summed E-state index contributed by atoms with van der Waals surface area (Å²) < 4.78 is 0. The van der Waals surface area contributed by atoms with E-state index in [9.17, 15) is 9.59 Å². The molecule has 16 heavy (non-hydrogen) atoms. The number of carboxylic acid groups (broad SMARTS) is 1. The lowest BCUT2D eigenvalue weighted by atomic mass is 10.1. The van der Waals surface area contributed by atoms with Gasteiger partial charge < -0.3 is 15.1 Å². The van der Waals surface area contributed by atoms with E-state index >= 15 is 0 Å². The van der Waals surface area contributed by atoms with Crippen LogP contribution in [0.2, 0.25) is 0 Å². The fourth-order valence-electron chi connectivity index (χ4n) is 1.51. The predicted molar refractivity (Wildman–Crippen MR) is 58.2 cm³/mol. The van der Waals surface area contributed by atoms with Gasteiger partial charge in [-0.05, 0) is 17.2 Å². The van der Waals surface area contributed by atoms with Crippen molar-refractivity contribution in [1.82, 2.24) is 9.97 Å². The number of rotatable bonds is 3. The number of carbonyl (C=O) groups is 1. The normalized spacial score (nSPS) is 10.2. The van der Waals surface area contributed by atoms with Crippen molar-refractivity contribution in [1.29, 1.82) is 0 Å². The van der Waals surface area contributed by atoms with E-state index in [0.717, 1.165) is 5.56 Å². The molecule has 1 aromatic heterocycles. The Hall–Kier alpha value is -2.30. The molecule has 0 saturated heterocycles. The molecule has 0 aliphatic carbocycles. The number of nitrogens with one attached hydrogen (secondary N) is 2. The second kappa shape index (κ2) is 4.06. The molecule has 1 aromatic carbocycles. The molecule has 5 heteroatoms. The highest BCUT2D eigenvalue weighted by molar-refractivity contribution is 5.71. The summed E-state index contributed by atoms with van der Waals surface area (Å²) >= 11 is 0. The molecule has 0 spiro atoms. The van der Waals surface area contributed by atoms with Crippen LogP contribution in [0.15, 0.2) is 35.3 Å². The lowest BCUT2D eigenvalue weighted by Gasteiger charge is -2.00. The summed E-state index contributed by atoms with van der Waals surface area (Å²) in [6.07, 6.45) is 1.53. The van der Waals surface area contributed by atoms with Gasteiger partial charge in [0.05, 0.1) is 12.1 Å². The molecule has 0 aliphatic rings. The highest BCUT2D eigenvalue weighted by atomic mass is 16.4. The molecule has 0 saturated carbocycles. The standard InChI is InChI=1S/C11H10N2O3/c14-10(15)5-7-2-1-3-8(4-7)9-6-12-11(16)13-9/h1-4,6H,5H2,(H,14,15)(H2,12,13,16). The summed E-state index contributed by atoms with van der Waals surface area (Å²) in [7, 11) is 0. The third-order valence-corrected chi connectivity index (χ3v) is 2.19. The maximum absolute atomic E-state index is 10.9. The van der Waals surface area contributed by atoms with Gasteiger partial charge in [-0.25, -0.2) is 4.79 Å². The summed E-state index contributed by atoms with van der Waals surface area (Å²) in [5.74, 6) is -0.875. The van der Waals surface area contributed by atoms with Crippen LogP contribution in [0.4, 0.5) is 0 Å². The molecule has 3 N–H and O–H groups in total. The largest absolute Gasteiger partial charge is 0.481 e. The van der Waals surface area contributed by atoms with E-state index in [0.29, 0.717) is 11.3 Å². The van der Waals surface area contributed by atoms with Gasteiger partial charge >= 0.3 is 11.7 Å². The molecule has 82 valence electrons. The summed E-state index contributed by atoms with van der Waals surface area (Å²) in [6, 6.07) is 7.05. The van der Waals surface area contributed by atoms with Crippen molar-refractivity contribution >= 4 is 5.97 Å². The number of imidazole rings is 1. The number of H-pyrrole nitrogens is 2. The minimum Gasteiger partial charge on any atom is -0.481 e. The number of aliphatic carboxylic acids is 1. The second-order valence-corrected chi connectivity index (χ2v) is 3.43. The van der Waals surface area contributed by atoms with Gasteiger partial charge in [-0.1, -0.05) is 18.2 Å². The number of aromatic amines is 2. The van der Waals surface area contributed by atoms with Crippen molar-refractivity contribution in [2.45, 2.75) is 6.42 Å². The van der Waals surface area contributed by atoms with E-state index in [1.807, 2.05) is 6.07 Å². The zero-order valence-electron chi connectivity index (χ0n) is 8.36. The Morgan fingerprint density at radius 3 is 2.81 bits per heavy atom. The third-order valence-electron chi connectivity index (χ3n) is 2.19. The lowest BCUT2D eigenvalue weighted by molar-refractivity contribution is -0.136. The zero-order chi connectivity index (χ0) is 11.5. The van der Waals surface area contributed by atoms with E-state index in [-0.39, 0.29) is 12.1 Å². The van der Waals surface area contributed by atoms with Gasteiger partial charge in [-0.15, -0.1) is 0 Å². The topological polar surface area (TPSA) is 85.9 Å². The summed E-state index contributed by atoms with van der Waals surface area (Å²) in [5, 5.41) is 8.67. The van der Waals surface area contributed by atoms with Crippen LogP contribution >= 0.6 is 0 Å². The van der Waals surface area contributed by atoms with Crippen molar-refractivity contribution < 1.29 is 9.90 Å². The van der Waals surface area contributed by atoms with Gasteiger partial charge in [-0.3, -0.25) is 4.79 Å². The molecule has 0 unspecified atom stereocenters. The van der Waals surface area contributed by atoms with Gasteiger partial charge in [0.1, 0.15) is 0 Å². The first kappa shape index (κ1) is 10.2. The van der Waals surface area contributed by atoms with E-state index in [1.54, 1.807) is 24.4 Å². The first-order valence-electron chi connectivity index (χ1n) is 4.74. The first-order valence-corrected chi connectivity index (χ1v) is 4.74. The Morgan fingerprint density at radius 2 is 2.19 bits per heavy atom. The average molecular weight is 218 g/mol. The number of hydrogen-bond acceptors (Lipinski definition) is 2. The molecule has 1 heterocycles. The zero-order valence-corrected chi connectivity index (χ0v) is 8.36. The van der Waals surface area contributed by atoms with Gasteiger partial charge in [0.2, 0.25) is 0 Å². The van der Waals surface area contributed by atoms with Crippen LogP contribution in [-0.2, 0) is 11.2 Å². The lowest BCUT2D eigenvalue weighted by Crippen LogP contribution is -2.01. The van der Waals surface area contributed by atoms with Gasteiger partial charge in [-0.2, -0.15) is 0 Å². The number of hydrogen-bond donors (Lipinski definition) is 3. The average Bonchev–Trinajstić information content (AvgIpc) is 2.64. The maximum Gasteiger partial charge on any atom is 0.323 e. The number of carboxylic acids is 1. The molecular weight excluding hydrogens is 208 g/mol. The van der Waals surface area contributed by atoms with Crippen LogP contribution in [-0.4, -0.2) is 21.0 Å². The van der Waals surface area contributed by atoms with Crippen LogP contribution in [0.1, 0.15) is 5.56 Å². The van der Waals surface area contributed by atoms with Crippen LogP contribution < -0.4 is 5.69 Å². The van der Waals surface area contributed by atoms with Crippen LogP contribution in [0, 0.1) is 0 Å². The number of benzene rings is 1. The smallest absolute Gasteiger partial charge is 0.323 e. The third kappa shape index (κ3) is 2.20. The summed E-state index contributed by atoms with van der Waals surface area (Å²) in [6.45, 7) is 0. The van der Waals surface area contributed by atoms with E-state index in [2.05, 4.69) is 9.97 Å². The molecule has 0 fully saturated rings. The molecular formula is C11H10N2O3. The minimum atomic E-state index is -0.875. The Kier molecular flexibility index (Phi) is 2.59. The number of aromatic nitrogens is 2. The molecule has 0 amide bonds. The van der Waals surface area contributed by atoms with Crippen LogP contribution in [0.3, 0.4) is 0 Å². The molecule has 2 rings (SSSR count). The van der Waals surface area contributed by atoms with E-state index in [1.165, 1.54) is 0 Å². The van der Waals surface area contributed by atoms with Crippen molar-refractivity contribution in [2.75, 3.05) is 0 Å². The SMILES string of the molecule is O=C(O)Cc1cccc(-c2c[nH]c(=O)[nH]2)c1.